The number of aromatic nitrogens is 3. The number of methoxy groups -OCH3 is 1. The number of para-hydroxylation sites is 1. The van der Waals surface area contributed by atoms with Gasteiger partial charge in [-0.3, -0.25) is 14.4 Å². The highest BCUT2D eigenvalue weighted by Crippen LogP contribution is 2.32. The van der Waals surface area contributed by atoms with Crippen LogP contribution in [0.15, 0.2) is 53.3 Å². The maximum Gasteiger partial charge on any atom is 0.259 e. The fourth-order valence-electron chi connectivity index (χ4n) is 4.50. The molecule has 1 aliphatic heterocycles. The molecule has 1 saturated heterocycles. The van der Waals surface area contributed by atoms with Gasteiger partial charge in [0.2, 0.25) is 6.41 Å². The van der Waals surface area contributed by atoms with E-state index in [9.17, 15) is 14.4 Å². The Morgan fingerprint density at radius 3 is 2.73 bits per heavy atom. The van der Waals surface area contributed by atoms with E-state index in [2.05, 4.69) is 10.3 Å². The first-order chi connectivity index (χ1) is 16.1. The molecular weight excluding hydrogens is 422 g/mol. The predicted molar refractivity (Wildman–Crippen MR) is 124 cm³/mol. The third kappa shape index (κ3) is 3.71. The van der Waals surface area contributed by atoms with Crippen LogP contribution in [-0.4, -0.2) is 52.0 Å². The van der Waals surface area contributed by atoms with Crippen molar-refractivity contribution in [1.29, 1.82) is 0 Å². The summed E-state index contributed by atoms with van der Waals surface area (Å²) in [5, 5.41) is 8.34. The number of anilines is 1. The molecule has 2 aromatic carbocycles. The van der Waals surface area contributed by atoms with Crippen molar-refractivity contribution in [2.75, 3.05) is 25.5 Å². The van der Waals surface area contributed by atoms with Crippen molar-refractivity contribution < 1.29 is 14.3 Å². The largest absolute Gasteiger partial charge is 0.496 e. The van der Waals surface area contributed by atoms with Crippen LogP contribution in [0.2, 0.25) is 0 Å². The van der Waals surface area contributed by atoms with Crippen LogP contribution in [-0.2, 0) is 4.79 Å². The Labute approximate surface area is 189 Å². The number of rotatable bonds is 5. The molecule has 2 N–H and O–H groups in total. The second-order valence-electron chi connectivity index (χ2n) is 8.09. The maximum absolute atomic E-state index is 13.0. The molecule has 3 heterocycles. The molecule has 9 nitrogen and oxygen atoms in total. The number of benzene rings is 2. The molecule has 9 heteroatoms. The minimum Gasteiger partial charge on any atom is -0.496 e. The third-order valence-corrected chi connectivity index (χ3v) is 6.16. The van der Waals surface area contributed by atoms with Gasteiger partial charge >= 0.3 is 0 Å². The number of carbonyl (C=O) groups is 2. The van der Waals surface area contributed by atoms with Crippen LogP contribution in [0.25, 0.3) is 16.6 Å². The molecular formula is C24H23N5O4. The average Bonchev–Trinajstić information content (AvgIpc) is 3.23. The molecule has 1 fully saturated rings. The molecule has 0 unspecified atom stereocenters. The van der Waals surface area contributed by atoms with Crippen LogP contribution in [0.5, 0.6) is 5.75 Å². The van der Waals surface area contributed by atoms with Crippen molar-refractivity contribution in [3.63, 3.8) is 0 Å². The zero-order chi connectivity index (χ0) is 22.9. The van der Waals surface area contributed by atoms with Crippen molar-refractivity contribution in [3.05, 3.63) is 70.1 Å². The lowest BCUT2D eigenvalue weighted by Crippen LogP contribution is -2.32. The SMILES string of the molecule is COc1ccccc1C(=O)Nc1cccc2nn3c(C4CCN(C=O)CC4)cc(=O)[nH]c3c12. The van der Waals surface area contributed by atoms with Gasteiger partial charge < -0.3 is 19.9 Å². The summed E-state index contributed by atoms with van der Waals surface area (Å²) in [6.45, 7) is 1.28. The minimum absolute atomic E-state index is 0.104. The van der Waals surface area contributed by atoms with Gasteiger partial charge in [0.25, 0.3) is 11.5 Å². The number of piperidine rings is 1. The van der Waals surface area contributed by atoms with Gasteiger partial charge in [-0.25, -0.2) is 4.52 Å². The number of hydrogen-bond acceptors (Lipinski definition) is 5. The van der Waals surface area contributed by atoms with Crippen molar-refractivity contribution >= 4 is 34.6 Å². The Kier molecular flexibility index (Phi) is 5.29. The molecule has 1 aliphatic rings. The zero-order valence-electron chi connectivity index (χ0n) is 18.1. The summed E-state index contributed by atoms with van der Waals surface area (Å²) in [5.74, 6) is 0.255. The van der Waals surface area contributed by atoms with Gasteiger partial charge in [0, 0.05) is 25.1 Å². The van der Waals surface area contributed by atoms with Crippen LogP contribution in [0.1, 0.15) is 34.8 Å². The highest BCUT2D eigenvalue weighted by atomic mass is 16.5. The number of carbonyl (C=O) groups excluding carboxylic acids is 2. The monoisotopic (exact) mass is 445 g/mol. The van der Waals surface area contributed by atoms with E-state index in [1.807, 2.05) is 12.1 Å². The summed E-state index contributed by atoms with van der Waals surface area (Å²) >= 11 is 0. The Bertz CT molecular complexity index is 1420. The number of nitrogens with one attached hydrogen (secondary N) is 2. The molecule has 0 bridgehead atoms. The molecule has 2 aromatic heterocycles. The number of hydrogen-bond donors (Lipinski definition) is 2. The third-order valence-electron chi connectivity index (χ3n) is 6.16. The number of ether oxygens (including phenoxy) is 1. The predicted octanol–water partition coefficient (Wildman–Crippen LogP) is 2.77. The summed E-state index contributed by atoms with van der Waals surface area (Å²) in [5.41, 5.74) is 2.70. The van der Waals surface area contributed by atoms with Gasteiger partial charge in [0.15, 0.2) is 0 Å². The van der Waals surface area contributed by atoms with Crippen LogP contribution in [0.3, 0.4) is 0 Å². The number of amides is 2. The summed E-state index contributed by atoms with van der Waals surface area (Å²) < 4.78 is 7.07. The van der Waals surface area contributed by atoms with E-state index in [-0.39, 0.29) is 17.4 Å². The second kappa shape index (κ2) is 8.42. The lowest BCUT2D eigenvalue weighted by atomic mass is 9.93. The van der Waals surface area contributed by atoms with Gasteiger partial charge in [-0.1, -0.05) is 18.2 Å². The first-order valence-corrected chi connectivity index (χ1v) is 10.8. The molecule has 0 aliphatic carbocycles. The van der Waals surface area contributed by atoms with E-state index < -0.39 is 0 Å². The van der Waals surface area contributed by atoms with Gasteiger partial charge in [-0.15, -0.1) is 0 Å². The average molecular weight is 445 g/mol. The maximum atomic E-state index is 13.0. The molecule has 2 amide bonds. The van der Waals surface area contributed by atoms with Crippen molar-refractivity contribution in [2.24, 2.45) is 0 Å². The molecule has 0 radical (unpaired) electrons. The van der Waals surface area contributed by atoms with Crippen LogP contribution >= 0.6 is 0 Å². The first kappa shape index (κ1) is 20.7. The lowest BCUT2D eigenvalue weighted by Gasteiger charge is -2.29. The van der Waals surface area contributed by atoms with Gasteiger partial charge in [0.1, 0.15) is 11.4 Å². The topological polar surface area (TPSA) is 109 Å². The summed E-state index contributed by atoms with van der Waals surface area (Å²) in [4.78, 5) is 41.3. The normalized spacial score (nSPS) is 14.5. The van der Waals surface area contributed by atoms with Crippen molar-refractivity contribution in [2.45, 2.75) is 18.8 Å². The van der Waals surface area contributed by atoms with Crippen LogP contribution in [0, 0.1) is 0 Å². The number of fused-ring (bicyclic) bond motifs is 3. The molecule has 4 aromatic rings. The number of nitrogens with zero attached hydrogens (tertiary/aromatic N) is 3. The summed E-state index contributed by atoms with van der Waals surface area (Å²) in [6, 6.07) is 14.0. The molecule has 168 valence electrons. The lowest BCUT2D eigenvalue weighted by molar-refractivity contribution is -0.119. The van der Waals surface area contributed by atoms with Crippen molar-refractivity contribution in [3.8, 4) is 5.75 Å². The van der Waals surface area contributed by atoms with E-state index in [0.717, 1.165) is 24.9 Å². The number of likely N-dealkylation sites (tertiary alicyclic amines) is 1. The summed E-state index contributed by atoms with van der Waals surface area (Å²) in [6.07, 6.45) is 2.37. The quantitative estimate of drug-likeness (QED) is 0.459. The smallest absolute Gasteiger partial charge is 0.259 e. The van der Waals surface area contributed by atoms with Gasteiger partial charge in [-0.2, -0.15) is 5.10 Å². The minimum atomic E-state index is -0.320. The highest BCUT2D eigenvalue weighted by Gasteiger charge is 2.24. The van der Waals surface area contributed by atoms with Crippen molar-refractivity contribution in [1.82, 2.24) is 19.5 Å². The molecule has 0 atom stereocenters. The van der Waals surface area contributed by atoms with E-state index in [0.29, 0.717) is 46.6 Å². The molecule has 33 heavy (non-hydrogen) atoms. The molecule has 5 rings (SSSR count). The highest BCUT2D eigenvalue weighted by molar-refractivity contribution is 6.12. The Morgan fingerprint density at radius 2 is 1.97 bits per heavy atom. The van der Waals surface area contributed by atoms with E-state index in [4.69, 9.17) is 9.84 Å². The zero-order valence-corrected chi connectivity index (χ0v) is 18.1. The van der Waals surface area contributed by atoms with Crippen LogP contribution < -0.4 is 15.6 Å². The fourth-order valence-corrected chi connectivity index (χ4v) is 4.50. The van der Waals surface area contributed by atoms with Crippen LogP contribution in [0.4, 0.5) is 5.69 Å². The molecule has 0 saturated carbocycles. The molecule has 0 spiro atoms. The number of H-pyrrole nitrogens is 1. The fraction of sp³-hybridized carbons (Fsp3) is 0.250. The second-order valence-corrected chi connectivity index (χ2v) is 8.09. The van der Waals surface area contributed by atoms with E-state index in [1.165, 1.54) is 7.11 Å². The van der Waals surface area contributed by atoms with Gasteiger partial charge in [-0.05, 0) is 37.1 Å². The number of aromatic amines is 1. The first-order valence-electron chi connectivity index (χ1n) is 10.8. The Hall–Kier alpha value is -4.14. The Balaban J connectivity index is 1.59. The Morgan fingerprint density at radius 1 is 1.18 bits per heavy atom. The van der Waals surface area contributed by atoms with E-state index in [1.54, 1.807) is 45.8 Å². The van der Waals surface area contributed by atoms with E-state index >= 15 is 0 Å². The van der Waals surface area contributed by atoms with Gasteiger partial charge in [0.05, 0.1) is 35.0 Å². The summed E-state index contributed by atoms with van der Waals surface area (Å²) in [7, 11) is 1.52. The standard InChI is InChI=1S/C24H23N5O4/c1-33-20-8-3-2-5-16(20)24(32)25-17-6-4-7-18-22(17)23-26-21(31)13-19(29(23)27-18)15-9-11-28(14-30)12-10-15/h2-8,13-15H,9-12H2,1H3,(H,25,32)(H,26,31).